The number of methoxy groups -OCH3 is 1. The molecule has 3 aromatic carbocycles. The van der Waals surface area contributed by atoms with Gasteiger partial charge in [-0.25, -0.2) is 18.7 Å². The van der Waals surface area contributed by atoms with Crippen LogP contribution in [0.1, 0.15) is 63.5 Å². The smallest absolute Gasteiger partial charge is 0.248 e. The highest BCUT2D eigenvalue weighted by molar-refractivity contribution is 6.04. The van der Waals surface area contributed by atoms with Gasteiger partial charge in [0.15, 0.2) is 11.6 Å². The summed E-state index contributed by atoms with van der Waals surface area (Å²) in [4.78, 5) is 35.8. The highest BCUT2D eigenvalue weighted by Gasteiger charge is 2.26. The van der Waals surface area contributed by atoms with E-state index >= 15 is 4.39 Å². The molecule has 3 N–H and O–H groups in total. The van der Waals surface area contributed by atoms with E-state index in [1.54, 1.807) is 19.2 Å². The van der Waals surface area contributed by atoms with Crippen LogP contribution < -0.4 is 15.8 Å². The number of fused-ring (bicyclic) bond motifs is 1. The van der Waals surface area contributed by atoms with Gasteiger partial charge in [-0.2, -0.15) is 0 Å². The van der Waals surface area contributed by atoms with Crippen molar-refractivity contribution in [3.63, 3.8) is 0 Å². The highest BCUT2D eigenvalue weighted by atomic mass is 19.1. The highest BCUT2D eigenvalue weighted by Crippen LogP contribution is 2.34. The first-order valence-corrected chi connectivity index (χ1v) is 16.2. The Morgan fingerprint density at radius 2 is 1.78 bits per heavy atom. The molecule has 12 heteroatoms. The second kappa shape index (κ2) is 14.9. The number of hydrogen-bond donors (Lipinski definition) is 2. The molecule has 49 heavy (non-hydrogen) atoms. The molecule has 0 bridgehead atoms. The van der Waals surface area contributed by atoms with E-state index in [1.807, 2.05) is 47.0 Å². The van der Waals surface area contributed by atoms with E-state index in [0.717, 1.165) is 37.7 Å². The summed E-state index contributed by atoms with van der Waals surface area (Å²) >= 11 is 0. The molecule has 1 aliphatic heterocycles. The molecule has 3 heterocycles. The minimum atomic E-state index is -0.695. The standard InChI is InChI=1S/C37H38F2N6O4/c1-23(46)28-20-31-36(34(39)35(28)41-27-7-4-3-5-8-27)43-32(45(31)17-18-48-2)21-44-15-13-24(14-16-44)30-9-6-10-33(42-30)49-22-26-12-11-25(37(40)47)19-29(26)38/h3-12,19-20,24,41H,13-18,21-22H2,1-2H3,(H2,40,47). The molecule has 5 aromatic rings. The number of anilines is 2. The van der Waals surface area contributed by atoms with Gasteiger partial charge in [0.25, 0.3) is 0 Å². The lowest BCUT2D eigenvalue weighted by Gasteiger charge is -2.31. The molecule has 0 radical (unpaired) electrons. The van der Waals surface area contributed by atoms with Crippen LogP contribution in [0.25, 0.3) is 11.0 Å². The van der Waals surface area contributed by atoms with Crippen LogP contribution in [0.3, 0.4) is 0 Å². The van der Waals surface area contributed by atoms with Crippen molar-refractivity contribution in [3.05, 3.63) is 113 Å². The molecule has 1 saturated heterocycles. The topological polar surface area (TPSA) is 125 Å². The first kappa shape index (κ1) is 33.7. The number of aromatic nitrogens is 3. The van der Waals surface area contributed by atoms with Crippen molar-refractivity contribution >= 4 is 34.1 Å². The Labute approximate surface area is 282 Å². The lowest BCUT2D eigenvalue weighted by Crippen LogP contribution is -2.33. The van der Waals surface area contributed by atoms with Crippen LogP contribution >= 0.6 is 0 Å². The predicted molar refractivity (Wildman–Crippen MR) is 182 cm³/mol. The number of carbonyl (C=O) groups is 2. The van der Waals surface area contributed by atoms with Gasteiger partial charge in [0.2, 0.25) is 11.8 Å². The van der Waals surface area contributed by atoms with Crippen molar-refractivity contribution in [2.45, 2.75) is 45.4 Å². The normalized spacial score (nSPS) is 13.9. The van der Waals surface area contributed by atoms with Gasteiger partial charge in [0, 0.05) is 53.7 Å². The van der Waals surface area contributed by atoms with Crippen LogP contribution in [0, 0.1) is 11.6 Å². The Morgan fingerprint density at radius 3 is 2.47 bits per heavy atom. The number of amides is 1. The number of benzene rings is 3. The minimum Gasteiger partial charge on any atom is -0.473 e. The van der Waals surface area contributed by atoms with Gasteiger partial charge >= 0.3 is 0 Å². The largest absolute Gasteiger partial charge is 0.473 e. The number of para-hydroxylation sites is 1. The summed E-state index contributed by atoms with van der Waals surface area (Å²) in [5.74, 6) is -0.807. The van der Waals surface area contributed by atoms with Crippen molar-refractivity contribution in [1.82, 2.24) is 19.4 Å². The molecule has 0 spiro atoms. The molecule has 254 valence electrons. The minimum absolute atomic E-state index is 0.0395. The van der Waals surface area contributed by atoms with Gasteiger partial charge in [-0.1, -0.05) is 30.3 Å². The van der Waals surface area contributed by atoms with Crippen molar-refractivity contribution in [1.29, 1.82) is 0 Å². The molecule has 0 aliphatic carbocycles. The fourth-order valence-corrected chi connectivity index (χ4v) is 6.18. The van der Waals surface area contributed by atoms with Crippen molar-refractivity contribution in [2.75, 3.05) is 32.1 Å². The van der Waals surface area contributed by atoms with Crippen LogP contribution in [0.15, 0.2) is 72.8 Å². The Hall–Kier alpha value is -5.20. The third kappa shape index (κ3) is 7.60. The van der Waals surface area contributed by atoms with E-state index in [9.17, 15) is 14.0 Å². The summed E-state index contributed by atoms with van der Waals surface area (Å²) in [6, 6.07) is 20.5. The molecule has 10 nitrogen and oxygen atoms in total. The van der Waals surface area contributed by atoms with Gasteiger partial charge in [-0.3, -0.25) is 14.5 Å². The average Bonchev–Trinajstić information content (AvgIpc) is 3.45. The quantitative estimate of drug-likeness (QED) is 0.139. The summed E-state index contributed by atoms with van der Waals surface area (Å²) in [7, 11) is 1.61. The predicted octanol–water partition coefficient (Wildman–Crippen LogP) is 6.36. The molecule has 0 saturated carbocycles. The van der Waals surface area contributed by atoms with Crippen LogP contribution in [-0.4, -0.2) is 57.9 Å². The van der Waals surface area contributed by atoms with Crippen LogP contribution in [0.2, 0.25) is 0 Å². The monoisotopic (exact) mass is 668 g/mol. The molecule has 1 fully saturated rings. The van der Waals surface area contributed by atoms with E-state index in [2.05, 4.69) is 10.2 Å². The van der Waals surface area contributed by atoms with Gasteiger partial charge in [0.05, 0.1) is 24.4 Å². The Kier molecular flexibility index (Phi) is 10.3. The number of primary amides is 1. The molecule has 6 rings (SSSR count). The fourth-order valence-electron chi connectivity index (χ4n) is 6.18. The number of ketones is 1. The lowest BCUT2D eigenvalue weighted by molar-refractivity contribution is 0.0996. The number of rotatable bonds is 13. The number of halogens is 2. The Balaban J connectivity index is 1.16. The van der Waals surface area contributed by atoms with Crippen molar-refractivity contribution in [3.8, 4) is 5.88 Å². The summed E-state index contributed by atoms with van der Waals surface area (Å²) in [5, 5.41) is 3.09. The second-order valence-electron chi connectivity index (χ2n) is 12.1. The number of imidazole rings is 1. The number of pyridine rings is 1. The third-order valence-electron chi connectivity index (χ3n) is 8.83. The third-order valence-corrected chi connectivity index (χ3v) is 8.83. The van der Waals surface area contributed by atoms with Gasteiger partial charge in [-0.05, 0) is 69.3 Å². The van der Waals surface area contributed by atoms with Gasteiger partial charge < -0.3 is 25.1 Å². The number of piperidine rings is 1. The van der Waals surface area contributed by atoms with E-state index < -0.39 is 17.5 Å². The first-order valence-electron chi connectivity index (χ1n) is 16.2. The van der Waals surface area contributed by atoms with E-state index in [1.165, 1.54) is 19.1 Å². The molecule has 1 amide bonds. The number of nitrogens with two attached hydrogens (primary N) is 1. The molecule has 0 atom stereocenters. The zero-order valence-electron chi connectivity index (χ0n) is 27.4. The second-order valence-corrected chi connectivity index (χ2v) is 12.1. The Bertz CT molecular complexity index is 1980. The van der Waals surface area contributed by atoms with Gasteiger partial charge in [-0.15, -0.1) is 0 Å². The van der Waals surface area contributed by atoms with E-state index in [0.29, 0.717) is 48.2 Å². The SMILES string of the molecule is COCCn1c(CN2CCC(c3cccc(OCc4ccc(C(N)=O)cc4F)n3)CC2)nc2c(F)c(Nc3ccccc3)c(C(C)=O)cc21. The number of Topliss-reactive ketones (excluding diaryl/α,β-unsaturated/α-hetero) is 1. The zero-order valence-corrected chi connectivity index (χ0v) is 27.4. The van der Waals surface area contributed by atoms with E-state index in [4.69, 9.17) is 25.2 Å². The van der Waals surface area contributed by atoms with Crippen molar-refractivity contribution < 1.29 is 27.8 Å². The van der Waals surface area contributed by atoms with Crippen LogP contribution in [0.4, 0.5) is 20.2 Å². The summed E-state index contributed by atoms with van der Waals surface area (Å²) in [5.41, 5.74) is 8.31. The fraction of sp³-hybridized carbons (Fsp3) is 0.297. The van der Waals surface area contributed by atoms with Gasteiger partial charge in [0.1, 0.15) is 23.8 Å². The Morgan fingerprint density at radius 1 is 1.00 bits per heavy atom. The zero-order chi connectivity index (χ0) is 34.5. The number of nitrogens with zero attached hydrogens (tertiary/aromatic N) is 4. The molecular formula is C37H38F2N6O4. The summed E-state index contributed by atoms with van der Waals surface area (Å²) in [6.45, 7) is 4.28. The maximum atomic E-state index is 16.2. The summed E-state index contributed by atoms with van der Waals surface area (Å²) < 4.78 is 43.7. The maximum Gasteiger partial charge on any atom is 0.248 e. The number of ether oxygens (including phenoxy) is 2. The molecular weight excluding hydrogens is 630 g/mol. The molecule has 0 unspecified atom stereocenters. The summed E-state index contributed by atoms with van der Waals surface area (Å²) in [6.07, 6.45) is 1.68. The van der Waals surface area contributed by atoms with Crippen LogP contribution in [-0.2, 0) is 24.4 Å². The van der Waals surface area contributed by atoms with Crippen LogP contribution in [0.5, 0.6) is 5.88 Å². The molecule has 1 aliphatic rings. The molecule has 2 aromatic heterocycles. The van der Waals surface area contributed by atoms with Crippen molar-refractivity contribution in [2.24, 2.45) is 5.73 Å². The number of carbonyl (C=O) groups excluding carboxylic acids is 2. The lowest BCUT2D eigenvalue weighted by atomic mass is 9.93. The van der Waals surface area contributed by atoms with E-state index in [-0.39, 0.29) is 40.6 Å². The number of nitrogens with one attached hydrogen (secondary N) is 1. The maximum absolute atomic E-state index is 16.2. The number of hydrogen-bond acceptors (Lipinski definition) is 8. The first-order chi connectivity index (χ1) is 23.7. The average molecular weight is 669 g/mol. The number of likely N-dealkylation sites (tertiary alicyclic amines) is 1.